The predicted octanol–water partition coefficient (Wildman–Crippen LogP) is 3.63. The molecule has 4 heteroatoms. The summed E-state index contributed by atoms with van der Waals surface area (Å²) >= 11 is 5.28. The van der Waals surface area contributed by atoms with Crippen LogP contribution in [0.3, 0.4) is 0 Å². The van der Waals surface area contributed by atoms with Crippen LogP contribution in [0.25, 0.3) is 0 Å². The second-order valence-electron chi connectivity index (χ2n) is 4.67. The van der Waals surface area contributed by atoms with Gasteiger partial charge in [0.25, 0.3) is 0 Å². The summed E-state index contributed by atoms with van der Waals surface area (Å²) in [4.78, 5) is 3.71. The van der Waals surface area contributed by atoms with Gasteiger partial charge in [0.15, 0.2) is 0 Å². The van der Waals surface area contributed by atoms with Crippen LogP contribution in [0.1, 0.15) is 38.1 Å². The summed E-state index contributed by atoms with van der Waals surface area (Å²) in [5.41, 5.74) is 6.10. The standard InChI is InChI=1S/C12H21BrN2S/c1-5-12(2,3)15(4)9(8-14)10-6-7-11(13)16-10/h6-7,9H,5,8,14H2,1-4H3. The molecule has 0 radical (unpaired) electrons. The molecular weight excluding hydrogens is 284 g/mol. The van der Waals surface area contributed by atoms with Gasteiger partial charge in [0.05, 0.1) is 9.83 Å². The van der Waals surface area contributed by atoms with Crippen LogP contribution in [0.5, 0.6) is 0 Å². The molecule has 16 heavy (non-hydrogen) atoms. The van der Waals surface area contributed by atoms with Crippen molar-refractivity contribution in [3.8, 4) is 0 Å². The Kier molecular flexibility index (Phi) is 4.98. The van der Waals surface area contributed by atoms with E-state index in [0.717, 1.165) is 6.42 Å². The highest BCUT2D eigenvalue weighted by Crippen LogP contribution is 2.33. The van der Waals surface area contributed by atoms with Crippen molar-refractivity contribution >= 4 is 27.3 Å². The molecule has 0 aliphatic heterocycles. The van der Waals surface area contributed by atoms with Gasteiger partial charge in [-0.05, 0) is 55.4 Å². The molecule has 1 aromatic heterocycles. The van der Waals surface area contributed by atoms with Gasteiger partial charge in [-0.2, -0.15) is 0 Å². The van der Waals surface area contributed by atoms with Crippen molar-refractivity contribution in [3.63, 3.8) is 0 Å². The van der Waals surface area contributed by atoms with Gasteiger partial charge in [0.1, 0.15) is 0 Å². The van der Waals surface area contributed by atoms with Crippen LogP contribution in [-0.2, 0) is 0 Å². The highest BCUT2D eigenvalue weighted by Gasteiger charge is 2.28. The molecule has 2 nitrogen and oxygen atoms in total. The molecule has 1 aromatic rings. The van der Waals surface area contributed by atoms with Crippen molar-refractivity contribution in [1.29, 1.82) is 0 Å². The van der Waals surface area contributed by atoms with Gasteiger partial charge in [-0.1, -0.05) is 6.92 Å². The Hall–Kier alpha value is 0.1000. The summed E-state index contributed by atoms with van der Waals surface area (Å²) in [6.07, 6.45) is 1.12. The third kappa shape index (κ3) is 3.06. The Morgan fingerprint density at radius 1 is 1.50 bits per heavy atom. The fourth-order valence-electron chi connectivity index (χ4n) is 1.64. The minimum atomic E-state index is 0.181. The molecule has 0 bridgehead atoms. The molecule has 2 N–H and O–H groups in total. The lowest BCUT2D eigenvalue weighted by molar-refractivity contribution is 0.102. The summed E-state index contributed by atoms with van der Waals surface area (Å²) < 4.78 is 1.17. The molecule has 92 valence electrons. The summed E-state index contributed by atoms with van der Waals surface area (Å²) in [6.45, 7) is 7.40. The summed E-state index contributed by atoms with van der Waals surface area (Å²) in [6, 6.07) is 4.57. The van der Waals surface area contributed by atoms with Crippen molar-refractivity contribution < 1.29 is 0 Å². The number of hydrogen-bond acceptors (Lipinski definition) is 3. The predicted molar refractivity (Wildman–Crippen MR) is 75.9 cm³/mol. The number of rotatable bonds is 5. The normalized spacial score (nSPS) is 14.4. The Morgan fingerprint density at radius 3 is 2.50 bits per heavy atom. The minimum Gasteiger partial charge on any atom is -0.329 e. The van der Waals surface area contributed by atoms with E-state index < -0.39 is 0 Å². The van der Waals surface area contributed by atoms with Crippen molar-refractivity contribution in [2.45, 2.75) is 38.8 Å². The summed E-state index contributed by atoms with van der Waals surface area (Å²) in [7, 11) is 2.16. The average molecular weight is 305 g/mol. The first-order valence-corrected chi connectivity index (χ1v) is 7.21. The van der Waals surface area contributed by atoms with Crippen molar-refractivity contribution in [1.82, 2.24) is 4.90 Å². The smallest absolute Gasteiger partial charge is 0.0702 e. The maximum absolute atomic E-state index is 5.92. The van der Waals surface area contributed by atoms with E-state index >= 15 is 0 Å². The van der Waals surface area contributed by atoms with Gasteiger partial charge >= 0.3 is 0 Å². The molecule has 0 spiro atoms. The fraction of sp³-hybridized carbons (Fsp3) is 0.667. The molecule has 0 saturated carbocycles. The molecule has 1 unspecified atom stereocenters. The number of likely N-dealkylation sites (N-methyl/N-ethyl adjacent to an activating group) is 1. The maximum atomic E-state index is 5.92. The average Bonchev–Trinajstić information content (AvgIpc) is 2.66. The molecule has 1 heterocycles. The lowest BCUT2D eigenvalue weighted by atomic mass is 9.97. The van der Waals surface area contributed by atoms with E-state index in [9.17, 15) is 0 Å². The van der Waals surface area contributed by atoms with E-state index in [1.54, 1.807) is 11.3 Å². The van der Waals surface area contributed by atoms with Crippen LogP contribution in [0.2, 0.25) is 0 Å². The van der Waals surface area contributed by atoms with E-state index in [0.29, 0.717) is 12.6 Å². The van der Waals surface area contributed by atoms with E-state index in [2.05, 4.69) is 60.8 Å². The lowest BCUT2D eigenvalue weighted by Gasteiger charge is -2.40. The van der Waals surface area contributed by atoms with Crippen LogP contribution < -0.4 is 5.73 Å². The third-order valence-corrected chi connectivity index (χ3v) is 5.16. The highest BCUT2D eigenvalue weighted by atomic mass is 79.9. The van der Waals surface area contributed by atoms with Crippen LogP contribution in [-0.4, -0.2) is 24.0 Å². The van der Waals surface area contributed by atoms with Crippen LogP contribution in [0, 0.1) is 0 Å². The van der Waals surface area contributed by atoms with Gasteiger partial charge in [0.2, 0.25) is 0 Å². The Bertz CT molecular complexity index is 336. The first-order chi connectivity index (χ1) is 7.42. The van der Waals surface area contributed by atoms with Crippen LogP contribution >= 0.6 is 27.3 Å². The second kappa shape index (κ2) is 5.63. The zero-order valence-electron chi connectivity index (χ0n) is 10.5. The van der Waals surface area contributed by atoms with Crippen molar-refractivity contribution in [2.75, 3.05) is 13.6 Å². The first kappa shape index (κ1) is 14.2. The largest absolute Gasteiger partial charge is 0.329 e. The second-order valence-corrected chi connectivity index (χ2v) is 7.16. The zero-order valence-corrected chi connectivity index (χ0v) is 12.9. The molecule has 1 atom stereocenters. The number of thiophene rings is 1. The summed E-state index contributed by atoms with van der Waals surface area (Å²) in [5.74, 6) is 0. The van der Waals surface area contributed by atoms with Gasteiger partial charge in [-0.25, -0.2) is 0 Å². The lowest BCUT2D eigenvalue weighted by Crippen LogP contribution is -2.45. The molecule has 0 aliphatic rings. The molecule has 0 saturated heterocycles. The van der Waals surface area contributed by atoms with Gasteiger partial charge in [0, 0.05) is 17.0 Å². The quantitative estimate of drug-likeness (QED) is 0.900. The van der Waals surface area contributed by atoms with Crippen molar-refractivity contribution in [2.24, 2.45) is 5.73 Å². The molecule has 1 rings (SSSR count). The maximum Gasteiger partial charge on any atom is 0.0702 e. The van der Waals surface area contributed by atoms with E-state index in [1.165, 1.54) is 8.66 Å². The van der Waals surface area contributed by atoms with E-state index in [-0.39, 0.29) is 5.54 Å². The van der Waals surface area contributed by atoms with Gasteiger partial charge in [-0.3, -0.25) is 4.90 Å². The molecule has 0 amide bonds. The zero-order chi connectivity index (χ0) is 12.3. The topological polar surface area (TPSA) is 29.3 Å². The Balaban J connectivity index is 2.90. The third-order valence-electron chi connectivity index (χ3n) is 3.43. The highest BCUT2D eigenvalue weighted by molar-refractivity contribution is 9.11. The van der Waals surface area contributed by atoms with Crippen LogP contribution in [0.4, 0.5) is 0 Å². The number of halogens is 1. The SMILES string of the molecule is CCC(C)(C)N(C)C(CN)c1ccc(Br)s1. The van der Waals surface area contributed by atoms with E-state index in [4.69, 9.17) is 5.73 Å². The van der Waals surface area contributed by atoms with Gasteiger partial charge in [-0.15, -0.1) is 11.3 Å². The minimum absolute atomic E-state index is 0.181. The number of hydrogen-bond donors (Lipinski definition) is 1. The van der Waals surface area contributed by atoms with E-state index in [1.807, 2.05) is 0 Å². The fourth-order valence-corrected chi connectivity index (χ4v) is 3.22. The van der Waals surface area contributed by atoms with Gasteiger partial charge < -0.3 is 5.73 Å². The number of nitrogens with zero attached hydrogens (tertiary/aromatic N) is 1. The molecule has 0 aliphatic carbocycles. The molecule has 0 aromatic carbocycles. The Morgan fingerprint density at radius 2 is 2.12 bits per heavy atom. The molecule has 0 fully saturated rings. The molecular formula is C12H21BrN2S. The van der Waals surface area contributed by atoms with Crippen LogP contribution in [0.15, 0.2) is 15.9 Å². The van der Waals surface area contributed by atoms with Crippen molar-refractivity contribution in [3.05, 3.63) is 20.8 Å². The Labute approximate surface area is 111 Å². The monoisotopic (exact) mass is 304 g/mol. The number of nitrogens with two attached hydrogens (primary N) is 1. The summed E-state index contributed by atoms with van der Waals surface area (Å²) in [5, 5.41) is 0. The first-order valence-electron chi connectivity index (χ1n) is 5.60.